The summed E-state index contributed by atoms with van der Waals surface area (Å²) in [5.74, 6) is -2.05. The van der Waals surface area contributed by atoms with Crippen LogP contribution < -0.4 is 0 Å². The van der Waals surface area contributed by atoms with Crippen LogP contribution in [0.5, 0.6) is 0 Å². The Morgan fingerprint density at radius 1 is 1.27 bits per heavy atom. The molecule has 1 heterocycles. The molecule has 7 nitrogen and oxygen atoms in total. The fourth-order valence-corrected chi connectivity index (χ4v) is 0.969. The lowest BCUT2D eigenvalue weighted by Crippen LogP contribution is -2.09. The molecule has 1 rings (SSSR count). The number of epoxide rings is 1. The topological polar surface area (TPSA) is 102 Å². The second kappa shape index (κ2) is 9.51. The van der Waals surface area contributed by atoms with Gasteiger partial charge in [-0.2, -0.15) is 0 Å². The molecular formula is C15H20O7. The predicted octanol–water partition coefficient (Wildman–Crippen LogP) is 1.25. The molecule has 22 heavy (non-hydrogen) atoms. The second-order valence-electron chi connectivity index (χ2n) is 4.48. The average molecular weight is 312 g/mol. The first-order chi connectivity index (χ1) is 10.2. The van der Waals surface area contributed by atoms with Gasteiger partial charge in [0.2, 0.25) is 0 Å². The molecule has 1 N–H and O–H groups in total. The van der Waals surface area contributed by atoms with Crippen molar-refractivity contribution >= 4 is 17.9 Å². The van der Waals surface area contributed by atoms with Gasteiger partial charge in [-0.1, -0.05) is 13.2 Å². The zero-order valence-corrected chi connectivity index (χ0v) is 12.9. The normalized spacial score (nSPS) is 15.8. The molecule has 0 amide bonds. The van der Waals surface area contributed by atoms with Crippen LogP contribution in [-0.4, -0.2) is 49.4 Å². The van der Waals surface area contributed by atoms with Gasteiger partial charge in [0.15, 0.2) is 0 Å². The van der Waals surface area contributed by atoms with E-state index in [1.165, 1.54) is 14.0 Å². The highest BCUT2D eigenvalue weighted by molar-refractivity contribution is 5.94. The third-order valence-corrected chi connectivity index (χ3v) is 2.33. The summed E-state index contributed by atoms with van der Waals surface area (Å²) in [5, 5.41) is 8.42. The van der Waals surface area contributed by atoms with Crippen molar-refractivity contribution in [3.05, 3.63) is 36.0 Å². The van der Waals surface area contributed by atoms with Gasteiger partial charge in [-0.05, 0) is 19.9 Å². The molecule has 0 spiro atoms. The highest BCUT2D eigenvalue weighted by Crippen LogP contribution is 2.09. The van der Waals surface area contributed by atoms with Crippen molar-refractivity contribution in [2.75, 3.05) is 20.3 Å². The first-order valence-electron chi connectivity index (χ1n) is 6.32. The van der Waals surface area contributed by atoms with E-state index in [9.17, 15) is 14.4 Å². The summed E-state index contributed by atoms with van der Waals surface area (Å²) >= 11 is 0. The minimum absolute atomic E-state index is 0.0254. The van der Waals surface area contributed by atoms with Crippen molar-refractivity contribution < 1.29 is 33.7 Å². The number of methoxy groups -OCH3 is 1. The lowest BCUT2D eigenvalue weighted by molar-refractivity contribution is -0.139. The smallest absolute Gasteiger partial charge is 0.337 e. The van der Waals surface area contributed by atoms with Crippen LogP contribution in [0.4, 0.5) is 0 Å². The Morgan fingerprint density at radius 3 is 2.18 bits per heavy atom. The van der Waals surface area contributed by atoms with Crippen molar-refractivity contribution in [2.24, 2.45) is 0 Å². The van der Waals surface area contributed by atoms with Crippen LogP contribution in [0.2, 0.25) is 0 Å². The SMILES string of the molecule is C=C(C)C(=O)OCC1CO1.C=C(C=C(C)C(=O)O)C(=O)OC. The number of carbonyl (C=O) groups excluding carboxylic acids is 2. The van der Waals surface area contributed by atoms with E-state index in [0.717, 1.165) is 6.08 Å². The number of carbonyl (C=O) groups is 3. The molecular weight excluding hydrogens is 292 g/mol. The van der Waals surface area contributed by atoms with Gasteiger partial charge in [0, 0.05) is 11.1 Å². The number of ether oxygens (including phenoxy) is 3. The van der Waals surface area contributed by atoms with Gasteiger partial charge in [0.05, 0.1) is 19.3 Å². The summed E-state index contributed by atoms with van der Waals surface area (Å²) in [5.41, 5.74) is 0.503. The molecule has 7 heteroatoms. The number of hydrogen-bond donors (Lipinski definition) is 1. The molecule has 1 unspecified atom stereocenters. The number of carboxylic acids is 1. The Kier molecular flexibility index (Phi) is 8.47. The van der Waals surface area contributed by atoms with Crippen molar-refractivity contribution in [1.82, 2.24) is 0 Å². The summed E-state index contributed by atoms with van der Waals surface area (Å²) in [6, 6.07) is 0. The highest BCUT2D eigenvalue weighted by atomic mass is 16.6. The fraction of sp³-hybridized carbons (Fsp3) is 0.400. The summed E-state index contributed by atoms with van der Waals surface area (Å²) in [6.07, 6.45) is 1.30. The molecule has 0 aromatic carbocycles. The number of aliphatic carboxylic acids is 1. The van der Waals surface area contributed by atoms with Gasteiger partial charge in [-0.15, -0.1) is 0 Å². The van der Waals surface area contributed by atoms with Crippen LogP contribution in [0, 0.1) is 0 Å². The monoisotopic (exact) mass is 312 g/mol. The van der Waals surface area contributed by atoms with E-state index in [0.29, 0.717) is 18.8 Å². The summed E-state index contributed by atoms with van der Waals surface area (Å²) in [7, 11) is 1.21. The molecule has 0 bridgehead atoms. The number of rotatable bonds is 6. The third kappa shape index (κ3) is 8.70. The Morgan fingerprint density at radius 2 is 1.82 bits per heavy atom. The first kappa shape index (κ1) is 19.6. The van der Waals surface area contributed by atoms with E-state index < -0.39 is 11.9 Å². The molecule has 1 aliphatic rings. The summed E-state index contributed by atoms with van der Waals surface area (Å²) in [6.45, 7) is 10.8. The Labute approximate surface area is 128 Å². The zero-order valence-electron chi connectivity index (χ0n) is 12.9. The summed E-state index contributed by atoms with van der Waals surface area (Å²) in [4.78, 5) is 31.7. The molecule has 1 atom stereocenters. The fourth-order valence-electron chi connectivity index (χ4n) is 0.969. The maximum atomic E-state index is 10.7. The van der Waals surface area contributed by atoms with Crippen molar-refractivity contribution in [3.63, 3.8) is 0 Å². The van der Waals surface area contributed by atoms with Gasteiger partial charge in [0.25, 0.3) is 0 Å². The molecule has 0 aromatic rings. The molecule has 1 fully saturated rings. The lowest BCUT2D eigenvalue weighted by atomic mass is 10.2. The van der Waals surface area contributed by atoms with Gasteiger partial charge in [0.1, 0.15) is 12.7 Å². The molecule has 1 aliphatic heterocycles. The van der Waals surface area contributed by atoms with Crippen LogP contribution >= 0.6 is 0 Å². The second-order valence-corrected chi connectivity index (χ2v) is 4.48. The lowest BCUT2D eigenvalue weighted by Gasteiger charge is -1.99. The van der Waals surface area contributed by atoms with Gasteiger partial charge < -0.3 is 19.3 Å². The quantitative estimate of drug-likeness (QED) is 0.341. The van der Waals surface area contributed by atoms with Crippen LogP contribution in [0.3, 0.4) is 0 Å². The van der Waals surface area contributed by atoms with Crippen LogP contribution in [-0.2, 0) is 28.6 Å². The van der Waals surface area contributed by atoms with Gasteiger partial charge in [-0.25, -0.2) is 14.4 Å². The van der Waals surface area contributed by atoms with Crippen LogP contribution in [0.1, 0.15) is 13.8 Å². The average Bonchev–Trinajstić information content (AvgIpc) is 3.28. The van der Waals surface area contributed by atoms with Crippen molar-refractivity contribution in [1.29, 1.82) is 0 Å². The Balaban J connectivity index is 0.000000406. The zero-order chi connectivity index (χ0) is 17.3. The van der Waals surface area contributed by atoms with Crippen molar-refractivity contribution in [3.8, 4) is 0 Å². The number of carboxylic acid groups (broad SMARTS) is 1. The third-order valence-electron chi connectivity index (χ3n) is 2.33. The predicted molar refractivity (Wildman–Crippen MR) is 78.1 cm³/mol. The van der Waals surface area contributed by atoms with E-state index in [2.05, 4.69) is 17.9 Å². The standard InChI is InChI=1S/C8H10O4.C7H10O3/c1-5(7(9)10)4-6(2)8(11)12-3;1-5(2)7(8)10-4-6-3-9-6/h4H,2H2,1,3H3,(H,9,10);6H,1,3-4H2,2H3. The van der Waals surface area contributed by atoms with Crippen molar-refractivity contribution in [2.45, 2.75) is 20.0 Å². The van der Waals surface area contributed by atoms with E-state index >= 15 is 0 Å². The molecule has 0 aromatic heterocycles. The molecule has 1 saturated heterocycles. The largest absolute Gasteiger partial charge is 0.478 e. The van der Waals surface area contributed by atoms with E-state index in [1.807, 2.05) is 0 Å². The molecule has 0 radical (unpaired) electrons. The van der Waals surface area contributed by atoms with Crippen LogP contribution in [0.25, 0.3) is 0 Å². The molecule has 0 saturated carbocycles. The van der Waals surface area contributed by atoms with Gasteiger partial charge >= 0.3 is 17.9 Å². The summed E-state index contributed by atoms with van der Waals surface area (Å²) < 4.78 is 13.9. The van der Waals surface area contributed by atoms with Gasteiger partial charge in [-0.3, -0.25) is 0 Å². The number of esters is 2. The minimum Gasteiger partial charge on any atom is -0.478 e. The van der Waals surface area contributed by atoms with E-state index in [1.54, 1.807) is 6.92 Å². The van der Waals surface area contributed by atoms with E-state index in [4.69, 9.17) is 14.6 Å². The molecule has 0 aliphatic carbocycles. The number of hydrogen-bond acceptors (Lipinski definition) is 6. The maximum Gasteiger partial charge on any atom is 0.337 e. The van der Waals surface area contributed by atoms with E-state index in [-0.39, 0.29) is 23.2 Å². The highest BCUT2D eigenvalue weighted by Gasteiger charge is 2.24. The Bertz CT molecular complexity index is 498. The van der Waals surface area contributed by atoms with Crippen LogP contribution in [0.15, 0.2) is 36.0 Å². The maximum absolute atomic E-state index is 10.7. The minimum atomic E-state index is -1.08. The Hall–Kier alpha value is -2.41. The molecule has 122 valence electrons. The first-order valence-corrected chi connectivity index (χ1v) is 6.32.